The lowest BCUT2D eigenvalue weighted by Crippen LogP contribution is -2.55. The van der Waals surface area contributed by atoms with Gasteiger partial charge in [0.25, 0.3) is 0 Å². The molecule has 0 unspecified atom stereocenters. The summed E-state index contributed by atoms with van der Waals surface area (Å²) in [6.07, 6.45) is 7.14. The van der Waals surface area contributed by atoms with Crippen LogP contribution in [-0.2, 0) is 5.41 Å². The summed E-state index contributed by atoms with van der Waals surface area (Å²) in [6, 6.07) is 30.7. The first-order chi connectivity index (χ1) is 18.4. The Labute approximate surface area is 232 Å². The van der Waals surface area contributed by atoms with E-state index in [4.69, 9.17) is 11.6 Å². The van der Waals surface area contributed by atoms with Gasteiger partial charge in [-0.3, -0.25) is 0 Å². The molecule has 4 saturated carbocycles. The van der Waals surface area contributed by atoms with Crippen molar-refractivity contribution >= 4 is 30.0 Å². The Morgan fingerprint density at radius 1 is 0.605 bits per heavy atom. The zero-order valence-electron chi connectivity index (χ0n) is 22.2. The van der Waals surface area contributed by atoms with Gasteiger partial charge in [0.1, 0.15) is 8.07 Å². The second kappa shape index (κ2) is 7.32. The lowest BCUT2D eigenvalue weighted by molar-refractivity contribution is -0.0399. The predicted molar refractivity (Wildman–Crippen MR) is 162 cm³/mol. The van der Waals surface area contributed by atoms with Gasteiger partial charge in [-0.15, -0.1) is 0 Å². The van der Waals surface area contributed by atoms with E-state index in [0.717, 1.165) is 28.7 Å². The fraction of sp³-hybridized carbons (Fsp3) is 0.333. The molecule has 0 aromatic heterocycles. The van der Waals surface area contributed by atoms with E-state index >= 15 is 0 Å². The van der Waals surface area contributed by atoms with Crippen molar-refractivity contribution in [1.82, 2.24) is 0 Å². The van der Waals surface area contributed by atoms with Crippen LogP contribution in [0.3, 0.4) is 0 Å². The molecular weight excluding hydrogens is 496 g/mol. The van der Waals surface area contributed by atoms with Gasteiger partial charge in [0.15, 0.2) is 0 Å². The second-order valence-electron chi connectivity index (χ2n) is 13.6. The highest BCUT2D eigenvalue weighted by atomic mass is 35.5. The molecule has 0 atom stereocenters. The molecule has 0 saturated heterocycles. The second-order valence-corrected chi connectivity index (χ2v) is 18.3. The topological polar surface area (TPSA) is 0 Å². The van der Waals surface area contributed by atoms with Crippen LogP contribution in [0, 0.1) is 23.7 Å². The van der Waals surface area contributed by atoms with Crippen molar-refractivity contribution in [2.45, 2.75) is 50.6 Å². The Balaban J connectivity index is 1.24. The Hall–Kier alpha value is -2.61. The van der Waals surface area contributed by atoms with Crippen LogP contribution in [-0.4, -0.2) is 8.07 Å². The number of rotatable bonds is 1. The monoisotopic (exact) mass is 528 g/mol. The van der Waals surface area contributed by atoms with Crippen LogP contribution in [0.1, 0.15) is 43.2 Å². The summed E-state index contributed by atoms with van der Waals surface area (Å²) in [5, 5.41) is 4.04. The third-order valence-electron chi connectivity index (χ3n) is 11.5. The zero-order valence-corrected chi connectivity index (χ0v) is 24.0. The molecule has 2 heteroatoms. The molecule has 0 amide bonds. The van der Waals surface area contributed by atoms with Crippen LogP contribution < -0.4 is 10.4 Å². The maximum atomic E-state index is 6.62. The van der Waals surface area contributed by atoms with Crippen molar-refractivity contribution in [2.75, 3.05) is 0 Å². The largest absolute Gasteiger partial charge is 0.113 e. The molecule has 0 radical (unpaired) electrons. The van der Waals surface area contributed by atoms with E-state index in [-0.39, 0.29) is 5.41 Å². The lowest BCUT2D eigenvalue weighted by atomic mass is 9.43. The zero-order chi connectivity index (χ0) is 25.4. The van der Waals surface area contributed by atoms with Crippen LogP contribution >= 0.6 is 11.6 Å². The minimum Gasteiger partial charge on any atom is -0.0843 e. The summed E-state index contributed by atoms with van der Waals surface area (Å²) in [4.78, 5) is 0. The third kappa shape index (κ3) is 2.63. The van der Waals surface area contributed by atoms with E-state index in [9.17, 15) is 0 Å². The Kier molecular flexibility index (Phi) is 4.28. The summed E-state index contributed by atoms with van der Waals surface area (Å²) >= 11 is 6.62. The van der Waals surface area contributed by atoms with E-state index in [1.807, 2.05) is 0 Å². The molecule has 4 aromatic rings. The highest BCUT2D eigenvalue weighted by Crippen LogP contribution is 2.69. The van der Waals surface area contributed by atoms with Gasteiger partial charge >= 0.3 is 0 Å². The molecular formula is C36H33ClSi. The molecule has 6 aliphatic rings. The van der Waals surface area contributed by atoms with Crippen LogP contribution in [0.5, 0.6) is 0 Å². The van der Waals surface area contributed by atoms with E-state index in [0.29, 0.717) is 0 Å². The minimum atomic E-state index is -1.70. The molecule has 0 N–H and O–H groups in total. The van der Waals surface area contributed by atoms with Crippen LogP contribution in [0.15, 0.2) is 78.9 Å². The fourth-order valence-corrected chi connectivity index (χ4v) is 13.5. The normalized spacial score (nSPS) is 30.3. The summed E-state index contributed by atoms with van der Waals surface area (Å²) in [7, 11) is -1.70. The van der Waals surface area contributed by atoms with Gasteiger partial charge in [-0.2, -0.15) is 0 Å². The number of benzene rings is 4. The fourth-order valence-electron chi connectivity index (χ4n) is 10.2. The lowest BCUT2D eigenvalue weighted by Gasteiger charge is -2.61. The average Bonchev–Trinajstić information content (AvgIpc) is 3.33. The van der Waals surface area contributed by atoms with Crippen molar-refractivity contribution in [1.29, 1.82) is 0 Å². The maximum absolute atomic E-state index is 6.62. The van der Waals surface area contributed by atoms with Crippen molar-refractivity contribution in [3.05, 3.63) is 95.0 Å². The Morgan fingerprint density at radius 3 is 2.03 bits per heavy atom. The van der Waals surface area contributed by atoms with Gasteiger partial charge in [0.2, 0.25) is 0 Å². The molecule has 38 heavy (non-hydrogen) atoms. The molecule has 188 valence electrons. The molecule has 10 rings (SSSR count). The summed E-state index contributed by atoms with van der Waals surface area (Å²) in [6.45, 7) is 5.04. The Bertz CT molecular complexity index is 1650. The molecule has 4 bridgehead atoms. The smallest absolute Gasteiger partial charge is 0.0843 e. The minimum absolute atomic E-state index is 0.180. The summed E-state index contributed by atoms with van der Waals surface area (Å²) < 4.78 is 0. The van der Waals surface area contributed by atoms with Gasteiger partial charge in [-0.05, 0) is 129 Å². The third-order valence-corrected chi connectivity index (χ3v) is 15.3. The van der Waals surface area contributed by atoms with Gasteiger partial charge in [0.05, 0.1) is 0 Å². The van der Waals surface area contributed by atoms with Crippen molar-refractivity contribution in [3.8, 4) is 33.4 Å². The van der Waals surface area contributed by atoms with Crippen LogP contribution in [0.4, 0.5) is 0 Å². The average molecular weight is 529 g/mol. The number of hydrogen-bond acceptors (Lipinski definition) is 0. The molecule has 4 aromatic carbocycles. The quantitative estimate of drug-likeness (QED) is 0.217. The summed E-state index contributed by atoms with van der Waals surface area (Å²) in [5.41, 5.74) is 11.9. The standard InChI is InChI=1S/C36H33ClSi/c1-38(2)34-6-4-3-5-29(34)30-11-8-24(19-35(30)38)23-7-10-28-31-20-27(37)9-12-32(31)36(33(28)18-23)25-14-21-13-22(16-25)17-26(36)15-21/h3-12,18-22,25-26H,13-17H2,1-2H3. The van der Waals surface area contributed by atoms with Crippen LogP contribution in [0.2, 0.25) is 18.1 Å². The van der Waals surface area contributed by atoms with Crippen molar-refractivity contribution in [3.63, 3.8) is 0 Å². The van der Waals surface area contributed by atoms with E-state index < -0.39 is 8.07 Å². The number of fused-ring (bicyclic) bond motifs is 6. The highest BCUT2D eigenvalue weighted by Gasteiger charge is 2.61. The van der Waals surface area contributed by atoms with Gasteiger partial charge in [0, 0.05) is 10.4 Å². The van der Waals surface area contributed by atoms with Crippen LogP contribution in [0.25, 0.3) is 33.4 Å². The first kappa shape index (κ1) is 22.2. The summed E-state index contributed by atoms with van der Waals surface area (Å²) in [5.74, 6) is 3.46. The SMILES string of the molecule is C[Si]1(C)c2ccccc2-c2ccc(-c3ccc4c(c3)C3(c5ccc(Cl)cc5-4)C4CC5CC(C4)CC3C5)cc21. The van der Waals surface area contributed by atoms with Gasteiger partial charge in [-0.1, -0.05) is 85.4 Å². The highest BCUT2D eigenvalue weighted by molar-refractivity contribution is 7.03. The predicted octanol–water partition coefficient (Wildman–Crippen LogP) is 8.53. The first-order valence-corrected chi connectivity index (χ1v) is 18.0. The van der Waals surface area contributed by atoms with Crippen molar-refractivity contribution in [2.24, 2.45) is 23.7 Å². The van der Waals surface area contributed by atoms with E-state index in [2.05, 4.69) is 92.0 Å². The number of halogens is 1. The molecule has 1 spiro atoms. The van der Waals surface area contributed by atoms with Gasteiger partial charge in [-0.25, -0.2) is 0 Å². The molecule has 1 heterocycles. The van der Waals surface area contributed by atoms with Gasteiger partial charge < -0.3 is 0 Å². The van der Waals surface area contributed by atoms with Crippen molar-refractivity contribution < 1.29 is 0 Å². The molecule has 1 aliphatic heterocycles. The van der Waals surface area contributed by atoms with E-state index in [1.165, 1.54) is 65.5 Å². The Morgan fingerprint density at radius 2 is 1.26 bits per heavy atom. The molecule has 5 aliphatic carbocycles. The molecule has 0 nitrogen and oxygen atoms in total. The molecule has 4 fully saturated rings. The number of hydrogen-bond donors (Lipinski definition) is 0. The maximum Gasteiger partial charge on any atom is 0.113 e. The first-order valence-electron chi connectivity index (χ1n) is 14.6. The van der Waals surface area contributed by atoms with E-state index in [1.54, 1.807) is 21.5 Å².